The van der Waals surface area contributed by atoms with Crippen molar-refractivity contribution >= 4 is 23.1 Å². The zero-order valence-corrected chi connectivity index (χ0v) is 16.0. The second kappa shape index (κ2) is 7.50. The van der Waals surface area contributed by atoms with Crippen molar-refractivity contribution in [3.63, 3.8) is 0 Å². The van der Waals surface area contributed by atoms with E-state index in [0.29, 0.717) is 18.1 Å². The first-order chi connectivity index (χ1) is 13.1. The summed E-state index contributed by atoms with van der Waals surface area (Å²) in [6, 6.07) is 9.15. The van der Waals surface area contributed by atoms with Crippen LogP contribution >= 0.6 is 11.3 Å². The third-order valence-electron chi connectivity index (χ3n) is 4.53. The van der Waals surface area contributed by atoms with Crippen LogP contribution in [0.5, 0.6) is 0 Å². The molecule has 4 rings (SSSR count). The zero-order valence-electron chi connectivity index (χ0n) is 15.2. The number of aromatic nitrogens is 3. The Hall–Kier alpha value is -2.71. The topological polar surface area (TPSA) is 81.1 Å². The Balaban J connectivity index is 1.37. The third-order valence-corrected chi connectivity index (χ3v) is 5.52. The Morgan fingerprint density at radius 1 is 1.33 bits per heavy atom. The number of rotatable bonds is 4. The second-order valence-corrected chi connectivity index (χ2v) is 7.55. The molecule has 0 fully saturated rings. The molecule has 8 heteroatoms. The number of amides is 2. The summed E-state index contributed by atoms with van der Waals surface area (Å²) in [6.07, 6.45) is 2.49. The van der Waals surface area contributed by atoms with Crippen molar-refractivity contribution in [3.05, 3.63) is 52.5 Å². The lowest BCUT2D eigenvalue weighted by molar-refractivity contribution is 0.0238. The summed E-state index contributed by atoms with van der Waals surface area (Å²) in [4.78, 5) is 17.9. The van der Waals surface area contributed by atoms with Gasteiger partial charge < -0.3 is 15.4 Å². The van der Waals surface area contributed by atoms with Crippen molar-refractivity contribution in [2.75, 3.05) is 11.9 Å². The maximum Gasteiger partial charge on any atom is 0.319 e. The molecule has 0 bridgehead atoms. The molecule has 3 heterocycles. The van der Waals surface area contributed by atoms with Gasteiger partial charge in [0, 0.05) is 29.6 Å². The van der Waals surface area contributed by atoms with Crippen LogP contribution in [0.1, 0.15) is 23.5 Å². The predicted octanol–water partition coefficient (Wildman–Crippen LogP) is 3.37. The van der Waals surface area contributed by atoms with Crippen LogP contribution in [0, 0.1) is 0 Å². The lowest BCUT2D eigenvalue weighted by atomic mass is 10.0. The molecule has 140 valence electrons. The number of hydrogen-bond acceptors (Lipinski definition) is 5. The Labute approximate surface area is 161 Å². The number of hydrogen-bond donors (Lipinski definition) is 2. The molecule has 0 spiro atoms. The highest BCUT2D eigenvalue weighted by Crippen LogP contribution is 2.33. The summed E-state index contributed by atoms with van der Waals surface area (Å²) in [7, 11) is 1.83. The van der Waals surface area contributed by atoms with E-state index in [1.807, 2.05) is 38.2 Å². The zero-order chi connectivity index (χ0) is 18.8. The standard InChI is InChI=1S/C19H21N5O2S/c1-12(17-15-8-10-27-16(15)7-9-26-17)21-19(25)22-14-5-3-13(4-6-14)18-20-11-24(2)23-18/h3-6,8,10-12,17H,7,9H2,1-2H3,(H2,21,22,25). The maximum absolute atomic E-state index is 12.4. The van der Waals surface area contributed by atoms with Crippen LogP contribution in [-0.2, 0) is 18.2 Å². The third kappa shape index (κ3) is 3.86. The fraction of sp³-hybridized carbons (Fsp3) is 0.316. The average molecular weight is 383 g/mol. The second-order valence-electron chi connectivity index (χ2n) is 6.55. The Kier molecular flexibility index (Phi) is 4.91. The van der Waals surface area contributed by atoms with Gasteiger partial charge in [0.2, 0.25) is 0 Å². The van der Waals surface area contributed by atoms with Gasteiger partial charge in [-0.05, 0) is 48.2 Å². The van der Waals surface area contributed by atoms with Crippen molar-refractivity contribution < 1.29 is 9.53 Å². The molecule has 2 aromatic heterocycles. The molecule has 0 saturated heterocycles. The molecule has 0 aliphatic carbocycles. The molecule has 1 aromatic carbocycles. The van der Waals surface area contributed by atoms with E-state index in [4.69, 9.17) is 4.74 Å². The first kappa shape index (κ1) is 17.7. The smallest absolute Gasteiger partial charge is 0.319 e. The lowest BCUT2D eigenvalue weighted by Gasteiger charge is -2.29. The Bertz CT molecular complexity index is 934. The lowest BCUT2D eigenvalue weighted by Crippen LogP contribution is -2.41. The summed E-state index contributed by atoms with van der Waals surface area (Å²) in [6.45, 7) is 2.65. The van der Waals surface area contributed by atoms with Crippen LogP contribution < -0.4 is 10.6 Å². The molecule has 2 amide bonds. The quantitative estimate of drug-likeness (QED) is 0.724. The molecule has 3 aromatic rings. The van der Waals surface area contributed by atoms with E-state index in [0.717, 1.165) is 12.0 Å². The molecule has 0 radical (unpaired) electrons. The van der Waals surface area contributed by atoms with Crippen molar-refractivity contribution in [1.29, 1.82) is 0 Å². The van der Waals surface area contributed by atoms with Gasteiger partial charge in [0.15, 0.2) is 5.82 Å². The molecule has 2 N–H and O–H groups in total. The van der Waals surface area contributed by atoms with E-state index < -0.39 is 0 Å². The number of nitrogens with one attached hydrogen (secondary N) is 2. The molecular formula is C19H21N5O2S. The van der Waals surface area contributed by atoms with Crippen LogP contribution in [0.25, 0.3) is 11.4 Å². The van der Waals surface area contributed by atoms with Crippen LogP contribution in [0.3, 0.4) is 0 Å². The number of thiophene rings is 1. The number of ether oxygens (including phenoxy) is 1. The summed E-state index contributed by atoms with van der Waals surface area (Å²) in [5.74, 6) is 0.656. The molecule has 7 nitrogen and oxygen atoms in total. The van der Waals surface area contributed by atoms with Gasteiger partial charge in [0.25, 0.3) is 0 Å². The average Bonchev–Trinajstić information content (AvgIpc) is 3.30. The largest absolute Gasteiger partial charge is 0.371 e. The van der Waals surface area contributed by atoms with E-state index in [2.05, 4.69) is 32.2 Å². The number of fused-ring (bicyclic) bond motifs is 1. The summed E-state index contributed by atoms with van der Waals surface area (Å²) in [5, 5.41) is 12.2. The first-order valence-corrected chi connectivity index (χ1v) is 9.69. The SMILES string of the molecule is CC(NC(=O)Nc1ccc(-c2ncn(C)n2)cc1)C1OCCc2sccc21. The van der Waals surface area contributed by atoms with Gasteiger partial charge in [-0.15, -0.1) is 11.3 Å². The van der Waals surface area contributed by atoms with Crippen molar-refractivity contribution in [1.82, 2.24) is 20.1 Å². The van der Waals surface area contributed by atoms with E-state index >= 15 is 0 Å². The summed E-state index contributed by atoms with van der Waals surface area (Å²) in [5.41, 5.74) is 2.79. The minimum absolute atomic E-state index is 0.108. The highest BCUT2D eigenvalue weighted by molar-refractivity contribution is 7.10. The van der Waals surface area contributed by atoms with E-state index in [9.17, 15) is 4.79 Å². The van der Waals surface area contributed by atoms with Crippen LogP contribution in [0.15, 0.2) is 42.0 Å². The monoisotopic (exact) mass is 383 g/mol. The number of carbonyl (C=O) groups excluding carboxylic acids is 1. The molecule has 1 aliphatic heterocycles. The van der Waals surface area contributed by atoms with Gasteiger partial charge in [-0.1, -0.05) is 0 Å². The van der Waals surface area contributed by atoms with Crippen molar-refractivity contribution in [3.8, 4) is 11.4 Å². The van der Waals surface area contributed by atoms with E-state index in [1.165, 1.54) is 10.4 Å². The highest BCUT2D eigenvalue weighted by Gasteiger charge is 2.28. The molecule has 0 saturated carbocycles. The summed E-state index contributed by atoms with van der Waals surface area (Å²) < 4.78 is 7.55. The van der Waals surface area contributed by atoms with Gasteiger partial charge in [-0.3, -0.25) is 4.68 Å². The van der Waals surface area contributed by atoms with Gasteiger partial charge >= 0.3 is 6.03 Å². The first-order valence-electron chi connectivity index (χ1n) is 8.81. The predicted molar refractivity (Wildman–Crippen MR) is 105 cm³/mol. The number of urea groups is 1. The number of anilines is 1. The van der Waals surface area contributed by atoms with Crippen LogP contribution in [-0.4, -0.2) is 33.4 Å². The highest BCUT2D eigenvalue weighted by atomic mass is 32.1. The minimum Gasteiger partial charge on any atom is -0.371 e. The molecule has 1 aliphatic rings. The molecule has 2 unspecified atom stereocenters. The van der Waals surface area contributed by atoms with Gasteiger partial charge in [0.05, 0.1) is 12.6 Å². The fourth-order valence-corrected chi connectivity index (χ4v) is 4.11. The summed E-state index contributed by atoms with van der Waals surface area (Å²) >= 11 is 1.75. The van der Waals surface area contributed by atoms with Gasteiger partial charge in [0.1, 0.15) is 12.4 Å². The van der Waals surface area contributed by atoms with Crippen LogP contribution in [0.4, 0.5) is 10.5 Å². The maximum atomic E-state index is 12.4. The fourth-order valence-electron chi connectivity index (χ4n) is 3.21. The normalized spacial score (nSPS) is 17.2. The van der Waals surface area contributed by atoms with E-state index in [-0.39, 0.29) is 18.2 Å². The van der Waals surface area contributed by atoms with Crippen molar-refractivity contribution in [2.45, 2.75) is 25.5 Å². The number of aryl methyl sites for hydroxylation is 1. The van der Waals surface area contributed by atoms with Crippen molar-refractivity contribution in [2.24, 2.45) is 7.05 Å². The Morgan fingerprint density at radius 2 is 2.15 bits per heavy atom. The van der Waals surface area contributed by atoms with Crippen LogP contribution in [0.2, 0.25) is 0 Å². The number of benzene rings is 1. The number of carbonyl (C=O) groups is 1. The van der Waals surface area contributed by atoms with Gasteiger partial charge in [-0.25, -0.2) is 9.78 Å². The number of nitrogens with zero attached hydrogens (tertiary/aromatic N) is 3. The molecule has 27 heavy (non-hydrogen) atoms. The molecular weight excluding hydrogens is 362 g/mol. The van der Waals surface area contributed by atoms with E-state index in [1.54, 1.807) is 22.3 Å². The molecule has 2 atom stereocenters. The van der Waals surface area contributed by atoms with Gasteiger partial charge in [-0.2, -0.15) is 5.10 Å². The minimum atomic E-state index is -0.253. The Morgan fingerprint density at radius 3 is 2.89 bits per heavy atom.